The maximum absolute atomic E-state index is 12.7. The van der Waals surface area contributed by atoms with E-state index in [2.05, 4.69) is 16.9 Å². The summed E-state index contributed by atoms with van der Waals surface area (Å²) >= 11 is 2.85. The van der Waals surface area contributed by atoms with Gasteiger partial charge in [-0.3, -0.25) is 9.36 Å². The van der Waals surface area contributed by atoms with Gasteiger partial charge in [0.1, 0.15) is 16.1 Å². The molecule has 0 amide bonds. The number of hydrogen-bond donors (Lipinski definition) is 0. The van der Waals surface area contributed by atoms with Crippen molar-refractivity contribution in [3.8, 4) is 0 Å². The van der Waals surface area contributed by atoms with Crippen molar-refractivity contribution in [2.75, 3.05) is 5.75 Å². The first-order valence-corrected chi connectivity index (χ1v) is 12.0. The highest BCUT2D eigenvalue weighted by Crippen LogP contribution is 2.33. The van der Waals surface area contributed by atoms with Crippen molar-refractivity contribution in [3.63, 3.8) is 0 Å². The van der Waals surface area contributed by atoms with Gasteiger partial charge in [0.05, 0.1) is 12.7 Å². The summed E-state index contributed by atoms with van der Waals surface area (Å²) in [6, 6.07) is 17.4. The van der Waals surface area contributed by atoms with Crippen LogP contribution in [0.5, 0.6) is 0 Å². The number of hydrogen-bond acceptors (Lipinski definition) is 8. The summed E-state index contributed by atoms with van der Waals surface area (Å²) < 4.78 is 7.52. The number of para-hydroxylation sites is 2. The van der Waals surface area contributed by atoms with E-state index in [-0.39, 0.29) is 5.56 Å². The van der Waals surface area contributed by atoms with Crippen molar-refractivity contribution < 1.29 is 4.42 Å². The molecule has 0 aliphatic carbocycles. The van der Waals surface area contributed by atoms with Gasteiger partial charge < -0.3 is 4.42 Å². The smallest absolute Gasteiger partial charge is 0.270 e. The molecular weight excluding hydrogens is 442 g/mol. The van der Waals surface area contributed by atoms with Gasteiger partial charge in [0.15, 0.2) is 16.4 Å². The van der Waals surface area contributed by atoms with E-state index in [1.54, 1.807) is 16.3 Å². The first-order valence-electron chi connectivity index (χ1n) is 10.2. The van der Waals surface area contributed by atoms with E-state index in [0.29, 0.717) is 38.7 Å². The van der Waals surface area contributed by atoms with Gasteiger partial charge in [0, 0.05) is 5.75 Å². The Morgan fingerprint density at radius 2 is 1.81 bits per heavy atom. The summed E-state index contributed by atoms with van der Waals surface area (Å²) in [5.74, 6) is 0.877. The van der Waals surface area contributed by atoms with Crippen LogP contribution in [0.4, 0.5) is 0 Å². The van der Waals surface area contributed by atoms with E-state index < -0.39 is 0 Å². The van der Waals surface area contributed by atoms with Crippen LogP contribution >= 0.6 is 23.5 Å². The van der Waals surface area contributed by atoms with Crippen LogP contribution in [-0.2, 0) is 6.54 Å². The van der Waals surface area contributed by atoms with Gasteiger partial charge in [-0.2, -0.15) is 0 Å². The lowest BCUT2D eigenvalue weighted by molar-refractivity contribution is 0.489. The molecule has 3 heterocycles. The normalized spacial score (nSPS) is 11.4. The second-order valence-electron chi connectivity index (χ2n) is 7.05. The first-order chi connectivity index (χ1) is 15.7. The molecule has 2 aromatic carbocycles. The van der Waals surface area contributed by atoms with Crippen molar-refractivity contribution in [3.05, 3.63) is 76.7 Å². The number of fused-ring (bicyclic) bond motifs is 2. The molecule has 3 aromatic heterocycles. The van der Waals surface area contributed by atoms with Gasteiger partial charge in [-0.15, -0.1) is 0 Å². The topological polar surface area (TPSA) is 86.7 Å². The molecule has 0 saturated carbocycles. The van der Waals surface area contributed by atoms with E-state index in [4.69, 9.17) is 14.4 Å². The Labute approximate surface area is 192 Å². The Bertz CT molecular complexity index is 1420. The fraction of sp³-hybridized carbons (Fsp3) is 0.174. The van der Waals surface area contributed by atoms with Gasteiger partial charge in [0.2, 0.25) is 0 Å². The highest BCUT2D eigenvalue weighted by molar-refractivity contribution is 7.99. The van der Waals surface area contributed by atoms with E-state index in [0.717, 1.165) is 23.3 Å². The lowest BCUT2D eigenvalue weighted by Gasteiger charge is -2.11. The largest absolute Gasteiger partial charge is 0.431 e. The van der Waals surface area contributed by atoms with Crippen molar-refractivity contribution >= 4 is 45.8 Å². The summed E-state index contributed by atoms with van der Waals surface area (Å²) in [5.41, 5.74) is 3.36. The van der Waals surface area contributed by atoms with Crippen LogP contribution in [0, 0.1) is 0 Å². The molecule has 0 radical (unpaired) electrons. The summed E-state index contributed by atoms with van der Waals surface area (Å²) in [4.78, 5) is 31.1. The van der Waals surface area contributed by atoms with Gasteiger partial charge >= 0.3 is 0 Å². The van der Waals surface area contributed by atoms with Crippen molar-refractivity contribution in [1.29, 1.82) is 0 Å². The average Bonchev–Trinajstić information content (AvgIpc) is 3.22. The molecule has 0 bridgehead atoms. The maximum Gasteiger partial charge on any atom is 0.270 e. The Kier molecular flexibility index (Phi) is 5.91. The molecule has 0 atom stereocenters. The Morgan fingerprint density at radius 3 is 2.62 bits per heavy atom. The molecule has 0 fully saturated rings. The van der Waals surface area contributed by atoms with E-state index in [9.17, 15) is 4.79 Å². The molecule has 7 nitrogen and oxygen atoms in total. The zero-order valence-electron chi connectivity index (χ0n) is 17.3. The fourth-order valence-corrected chi connectivity index (χ4v) is 4.79. The molecule has 32 heavy (non-hydrogen) atoms. The SMILES string of the molecule is CCCSc1nc(Sc2nc3ccccc3o2)c2ncc(=O)n(Cc3ccccc3)c2n1. The molecule has 5 aromatic rings. The summed E-state index contributed by atoms with van der Waals surface area (Å²) in [5, 5.41) is 1.69. The van der Waals surface area contributed by atoms with Gasteiger partial charge in [-0.25, -0.2) is 19.9 Å². The van der Waals surface area contributed by atoms with Gasteiger partial charge in [-0.1, -0.05) is 61.2 Å². The molecule has 5 rings (SSSR count). The maximum atomic E-state index is 12.7. The molecule has 0 N–H and O–H groups in total. The van der Waals surface area contributed by atoms with Crippen LogP contribution in [0.1, 0.15) is 18.9 Å². The zero-order chi connectivity index (χ0) is 21.9. The van der Waals surface area contributed by atoms with Crippen molar-refractivity contribution in [2.45, 2.75) is 35.3 Å². The van der Waals surface area contributed by atoms with Crippen LogP contribution < -0.4 is 5.56 Å². The lowest BCUT2D eigenvalue weighted by Crippen LogP contribution is -2.22. The number of nitrogens with zero attached hydrogens (tertiary/aromatic N) is 5. The third kappa shape index (κ3) is 4.26. The lowest BCUT2D eigenvalue weighted by atomic mass is 10.2. The predicted octanol–water partition coefficient (Wildman–Crippen LogP) is 5.03. The average molecular weight is 462 g/mol. The van der Waals surface area contributed by atoms with Gasteiger partial charge in [0.25, 0.3) is 10.8 Å². The molecule has 9 heteroatoms. The zero-order valence-corrected chi connectivity index (χ0v) is 18.9. The number of benzene rings is 2. The molecule has 160 valence electrons. The summed E-state index contributed by atoms with van der Waals surface area (Å²) in [7, 11) is 0. The standard InChI is InChI=1S/C23H19N5O2S2/c1-2-12-31-22-26-20-19(24-13-18(29)28(20)14-15-8-4-3-5-9-15)21(27-22)32-23-25-16-10-6-7-11-17(16)30-23/h3-11,13H,2,12,14H2,1H3. The fourth-order valence-electron chi connectivity index (χ4n) is 3.22. The molecular formula is C23H19N5O2S2. The highest BCUT2D eigenvalue weighted by Gasteiger charge is 2.18. The summed E-state index contributed by atoms with van der Waals surface area (Å²) in [6.45, 7) is 2.51. The monoisotopic (exact) mass is 461 g/mol. The molecule has 0 aliphatic rings. The van der Waals surface area contributed by atoms with Crippen LogP contribution in [0.15, 0.2) is 85.4 Å². The minimum Gasteiger partial charge on any atom is -0.431 e. The number of aromatic nitrogens is 5. The first kappa shape index (κ1) is 20.7. The third-order valence-electron chi connectivity index (χ3n) is 4.72. The Balaban J connectivity index is 1.63. The van der Waals surface area contributed by atoms with Gasteiger partial charge in [-0.05, 0) is 35.9 Å². The minimum absolute atomic E-state index is 0.204. The van der Waals surface area contributed by atoms with E-state index in [1.165, 1.54) is 18.0 Å². The van der Waals surface area contributed by atoms with Crippen LogP contribution in [0.25, 0.3) is 22.3 Å². The second-order valence-corrected chi connectivity index (χ2v) is 9.05. The Morgan fingerprint density at radius 1 is 1.00 bits per heavy atom. The number of thioether (sulfide) groups is 1. The molecule has 0 unspecified atom stereocenters. The van der Waals surface area contributed by atoms with Crippen molar-refractivity contribution in [1.82, 2.24) is 24.5 Å². The quantitative estimate of drug-likeness (QED) is 0.189. The van der Waals surface area contributed by atoms with Crippen molar-refractivity contribution in [2.24, 2.45) is 0 Å². The van der Waals surface area contributed by atoms with E-state index >= 15 is 0 Å². The second kappa shape index (κ2) is 9.13. The number of oxazole rings is 1. The van der Waals surface area contributed by atoms with Crippen LogP contribution in [0.2, 0.25) is 0 Å². The van der Waals surface area contributed by atoms with Crippen LogP contribution in [-0.4, -0.2) is 30.3 Å². The minimum atomic E-state index is -0.204. The molecule has 0 spiro atoms. The number of rotatable bonds is 7. The highest BCUT2D eigenvalue weighted by atomic mass is 32.2. The molecule has 0 saturated heterocycles. The predicted molar refractivity (Wildman–Crippen MR) is 126 cm³/mol. The molecule has 0 aliphatic heterocycles. The van der Waals surface area contributed by atoms with E-state index in [1.807, 2.05) is 54.6 Å². The van der Waals surface area contributed by atoms with Crippen LogP contribution in [0.3, 0.4) is 0 Å². The summed E-state index contributed by atoms with van der Waals surface area (Å²) in [6.07, 6.45) is 2.31. The Hall–Kier alpha value is -3.17. The third-order valence-corrected chi connectivity index (χ3v) is 6.60.